The molecule has 0 spiro atoms. The van der Waals surface area contributed by atoms with E-state index in [-0.39, 0.29) is 0 Å². The van der Waals surface area contributed by atoms with Crippen LogP contribution in [0.5, 0.6) is 0 Å². The van der Waals surface area contributed by atoms with Gasteiger partial charge in [0, 0.05) is 0 Å². The van der Waals surface area contributed by atoms with Crippen LogP contribution >= 0.6 is 0 Å². The Hall–Kier alpha value is -1.00. The number of hydrogen-bond acceptors (Lipinski definition) is 0. The fourth-order valence-corrected chi connectivity index (χ4v) is 1.52. The Balaban J connectivity index is 2.43. The molecule has 1 fully saturated rings. The van der Waals surface area contributed by atoms with E-state index in [0.717, 1.165) is 0 Å². The van der Waals surface area contributed by atoms with Crippen LogP contribution in [0.15, 0.2) is 41.2 Å². The maximum absolute atomic E-state index is 3.07. The van der Waals surface area contributed by atoms with Crippen molar-refractivity contribution in [3.05, 3.63) is 41.2 Å². The first-order valence-electron chi connectivity index (χ1n) is 3.78. The average Bonchev–Trinajstić information content (AvgIpc) is 2.28. The third-order valence-electron chi connectivity index (χ3n) is 2.07. The van der Waals surface area contributed by atoms with Gasteiger partial charge in [0.05, 0.1) is 0 Å². The van der Waals surface area contributed by atoms with Crippen LogP contribution in [-0.2, 0) is 0 Å². The van der Waals surface area contributed by atoms with Crippen LogP contribution in [0.3, 0.4) is 0 Å². The van der Waals surface area contributed by atoms with Crippen LogP contribution in [0.2, 0.25) is 0 Å². The molecule has 0 nitrogen and oxygen atoms in total. The van der Waals surface area contributed by atoms with Crippen molar-refractivity contribution in [2.24, 2.45) is 0 Å². The van der Waals surface area contributed by atoms with Crippen molar-refractivity contribution in [2.45, 2.75) is 19.3 Å². The van der Waals surface area contributed by atoms with Gasteiger partial charge in [-0.3, -0.25) is 0 Å². The molecule has 0 unspecified atom stereocenters. The molecule has 1 saturated carbocycles. The van der Waals surface area contributed by atoms with Gasteiger partial charge in [-0.15, -0.1) is 5.73 Å². The molecular formula is C10H10. The van der Waals surface area contributed by atoms with Gasteiger partial charge in [0.1, 0.15) is 0 Å². The molecule has 0 radical (unpaired) electrons. The first kappa shape index (κ1) is 5.76. The summed E-state index contributed by atoms with van der Waals surface area (Å²) in [5, 5.41) is 0. The summed E-state index contributed by atoms with van der Waals surface area (Å²) in [5.41, 5.74) is 6.10. The zero-order chi connectivity index (χ0) is 6.81. The quantitative estimate of drug-likeness (QED) is 0.442. The Morgan fingerprint density at radius 1 is 1.00 bits per heavy atom. The van der Waals surface area contributed by atoms with E-state index >= 15 is 0 Å². The highest BCUT2D eigenvalue weighted by Crippen LogP contribution is 2.30. The lowest BCUT2D eigenvalue weighted by Crippen LogP contribution is -1.74. The molecule has 10 heavy (non-hydrogen) atoms. The van der Waals surface area contributed by atoms with Gasteiger partial charge < -0.3 is 0 Å². The van der Waals surface area contributed by atoms with Crippen LogP contribution in [0, 0.1) is 0 Å². The summed E-state index contributed by atoms with van der Waals surface area (Å²) in [6.45, 7) is 0. The summed E-state index contributed by atoms with van der Waals surface area (Å²) in [4.78, 5) is 0. The second-order valence-electron chi connectivity index (χ2n) is 2.74. The number of allylic oxidation sites excluding steroid dienone is 5. The smallest absolute Gasteiger partial charge is 0.0197 e. The van der Waals surface area contributed by atoms with Crippen LogP contribution in [0.1, 0.15) is 19.3 Å². The summed E-state index contributed by atoms with van der Waals surface area (Å²) >= 11 is 0. The summed E-state index contributed by atoms with van der Waals surface area (Å²) in [6, 6.07) is 0. The highest BCUT2D eigenvalue weighted by Gasteiger charge is 2.11. The SMILES string of the molecule is C1=CC=C2CCCC2=CC=1. The van der Waals surface area contributed by atoms with E-state index in [4.69, 9.17) is 0 Å². The van der Waals surface area contributed by atoms with Gasteiger partial charge >= 0.3 is 0 Å². The molecule has 0 aromatic rings. The largest absolute Gasteiger partial charge is 0.121 e. The molecule has 0 aromatic heterocycles. The zero-order valence-electron chi connectivity index (χ0n) is 5.93. The summed E-state index contributed by atoms with van der Waals surface area (Å²) in [5.74, 6) is 0. The summed E-state index contributed by atoms with van der Waals surface area (Å²) in [6.07, 6.45) is 12.2. The minimum atomic E-state index is 1.26. The number of hydrogen-bond donors (Lipinski definition) is 0. The first-order chi connectivity index (χ1) is 4.97. The molecule has 0 atom stereocenters. The normalized spacial score (nSPS) is 21.6. The van der Waals surface area contributed by atoms with E-state index in [1.165, 1.54) is 30.4 Å². The third-order valence-corrected chi connectivity index (χ3v) is 2.07. The fraction of sp³-hybridized carbons (Fsp3) is 0.300. The van der Waals surface area contributed by atoms with Gasteiger partial charge in [0.2, 0.25) is 0 Å². The molecule has 0 N–H and O–H groups in total. The van der Waals surface area contributed by atoms with Gasteiger partial charge in [0.25, 0.3) is 0 Å². The Bertz CT molecular complexity index is 234. The average molecular weight is 130 g/mol. The van der Waals surface area contributed by atoms with Crippen molar-refractivity contribution < 1.29 is 0 Å². The molecule has 0 amide bonds. The molecule has 2 aliphatic carbocycles. The monoisotopic (exact) mass is 130 g/mol. The Morgan fingerprint density at radius 2 is 1.60 bits per heavy atom. The second kappa shape index (κ2) is 2.32. The molecule has 0 saturated heterocycles. The van der Waals surface area contributed by atoms with E-state index in [2.05, 4.69) is 17.9 Å². The highest BCUT2D eigenvalue weighted by molar-refractivity contribution is 5.41. The standard InChI is InChI=1S/C10H10/c1-2-5-9-7-4-8-10(9)6-3-1/h2-3,5-6H,4,7-8H2. The van der Waals surface area contributed by atoms with Crippen molar-refractivity contribution >= 4 is 0 Å². The zero-order valence-corrected chi connectivity index (χ0v) is 5.93. The topological polar surface area (TPSA) is 0 Å². The lowest BCUT2D eigenvalue weighted by atomic mass is 10.1. The Labute approximate surface area is 61.3 Å². The lowest BCUT2D eigenvalue weighted by Gasteiger charge is -1.93. The van der Waals surface area contributed by atoms with Gasteiger partial charge in [-0.1, -0.05) is 12.2 Å². The fourth-order valence-electron chi connectivity index (χ4n) is 1.52. The van der Waals surface area contributed by atoms with Crippen molar-refractivity contribution in [3.63, 3.8) is 0 Å². The molecular weight excluding hydrogens is 120 g/mol. The van der Waals surface area contributed by atoms with E-state index in [0.29, 0.717) is 0 Å². The second-order valence-corrected chi connectivity index (χ2v) is 2.74. The number of rotatable bonds is 0. The van der Waals surface area contributed by atoms with E-state index in [9.17, 15) is 0 Å². The Morgan fingerprint density at radius 3 is 2.20 bits per heavy atom. The minimum absolute atomic E-state index is 1.26. The van der Waals surface area contributed by atoms with Gasteiger partial charge in [0.15, 0.2) is 0 Å². The van der Waals surface area contributed by atoms with Crippen LogP contribution in [0.4, 0.5) is 0 Å². The van der Waals surface area contributed by atoms with Gasteiger partial charge in [-0.25, -0.2) is 0 Å². The predicted molar refractivity (Wildman–Crippen MR) is 42.7 cm³/mol. The molecule has 50 valence electrons. The molecule has 0 heteroatoms. The lowest BCUT2D eigenvalue weighted by molar-refractivity contribution is 0.932. The maximum Gasteiger partial charge on any atom is -0.0197 e. The summed E-state index contributed by atoms with van der Waals surface area (Å²) < 4.78 is 0. The molecule has 0 aromatic carbocycles. The Kier molecular flexibility index (Phi) is 1.34. The molecule has 2 aliphatic rings. The van der Waals surface area contributed by atoms with Gasteiger partial charge in [-0.2, -0.15) is 0 Å². The third kappa shape index (κ3) is 0.872. The maximum atomic E-state index is 3.07. The van der Waals surface area contributed by atoms with Crippen molar-refractivity contribution in [1.82, 2.24) is 0 Å². The van der Waals surface area contributed by atoms with E-state index in [1.807, 2.05) is 12.2 Å². The van der Waals surface area contributed by atoms with Crippen molar-refractivity contribution in [3.8, 4) is 0 Å². The molecule has 2 rings (SSSR count). The summed E-state index contributed by atoms with van der Waals surface area (Å²) in [7, 11) is 0. The van der Waals surface area contributed by atoms with Crippen molar-refractivity contribution in [1.29, 1.82) is 0 Å². The van der Waals surface area contributed by atoms with Crippen LogP contribution in [-0.4, -0.2) is 0 Å². The number of fused-ring (bicyclic) bond motifs is 1. The molecule has 0 aliphatic heterocycles. The highest BCUT2D eigenvalue weighted by atomic mass is 14.2. The first-order valence-corrected chi connectivity index (χ1v) is 3.78. The van der Waals surface area contributed by atoms with Crippen LogP contribution in [0.25, 0.3) is 0 Å². The van der Waals surface area contributed by atoms with Crippen molar-refractivity contribution in [2.75, 3.05) is 0 Å². The minimum Gasteiger partial charge on any atom is -0.121 e. The van der Waals surface area contributed by atoms with E-state index in [1.54, 1.807) is 0 Å². The predicted octanol–water partition coefficient (Wildman–Crippen LogP) is 2.75. The van der Waals surface area contributed by atoms with Crippen LogP contribution < -0.4 is 0 Å². The van der Waals surface area contributed by atoms with E-state index < -0.39 is 0 Å². The molecule has 0 heterocycles. The van der Waals surface area contributed by atoms with Gasteiger partial charge in [-0.05, 0) is 42.6 Å². The molecule has 0 bridgehead atoms.